The summed E-state index contributed by atoms with van der Waals surface area (Å²) >= 11 is 6.01. The molecule has 1 atom stereocenters. The monoisotopic (exact) mass is 399 g/mol. The topological polar surface area (TPSA) is 101 Å². The van der Waals surface area contributed by atoms with Crippen LogP contribution in [-0.2, 0) is 4.79 Å². The summed E-state index contributed by atoms with van der Waals surface area (Å²) in [4.78, 5) is 35.0. The van der Waals surface area contributed by atoms with Crippen LogP contribution in [0.15, 0.2) is 54.6 Å². The number of rotatable bonds is 6. The van der Waals surface area contributed by atoms with E-state index in [2.05, 4.69) is 16.7 Å². The highest BCUT2D eigenvalue weighted by Crippen LogP contribution is 2.27. The van der Waals surface area contributed by atoms with Gasteiger partial charge in [0.2, 0.25) is 5.91 Å². The van der Waals surface area contributed by atoms with Gasteiger partial charge in [-0.05, 0) is 37.0 Å². The minimum Gasteiger partial charge on any atom is -0.324 e. The summed E-state index contributed by atoms with van der Waals surface area (Å²) in [6, 6.07) is 10.5. The second-order valence-corrected chi connectivity index (χ2v) is 6.85. The number of nitro benzene ring substituents is 1. The molecule has 0 saturated heterocycles. The van der Waals surface area contributed by atoms with Crippen molar-refractivity contribution in [2.45, 2.75) is 19.3 Å². The summed E-state index contributed by atoms with van der Waals surface area (Å²) in [5, 5.41) is 16.3. The molecule has 2 aromatic carbocycles. The number of nitrogens with one attached hydrogen (secondary N) is 2. The molecule has 0 aliphatic heterocycles. The van der Waals surface area contributed by atoms with E-state index in [1.807, 2.05) is 6.08 Å². The molecule has 1 aliphatic carbocycles. The number of nitrogens with zero attached hydrogens (tertiary/aromatic N) is 1. The fourth-order valence-electron chi connectivity index (χ4n) is 3.00. The molecule has 0 saturated carbocycles. The summed E-state index contributed by atoms with van der Waals surface area (Å²) < 4.78 is 0. The highest BCUT2D eigenvalue weighted by Gasteiger charge is 2.18. The van der Waals surface area contributed by atoms with Crippen LogP contribution in [-0.4, -0.2) is 16.7 Å². The fraction of sp³-hybridized carbons (Fsp3) is 0.200. The van der Waals surface area contributed by atoms with Crippen LogP contribution >= 0.6 is 11.6 Å². The summed E-state index contributed by atoms with van der Waals surface area (Å²) in [6.07, 6.45) is 6.45. The van der Waals surface area contributed by atoms with Crippen molar-refractivity contribution in [1.82, 2.24) is 0 Å². The Bertz CT molecular complexity index is 958. The van der Waals surface area contributed by atoms with Gasteiger partial charge in [0, 0.05) is 18.6 Å². The van der Waals surface area contributed by atoms with Gasteiger partial charge in [0.25, 0.3) is 11.6 Å². The van der Waals surface area contributed by atoms with Gasteiger partial charge in [0.05, 0.1) is 26.9 Å². The lowest BCUT2D eigenvalue weighted by Crippen LogP contribution is -2.18. The van der Waals surface area contributed by atoms with E-state index in [9.17, 15) is 19.7 Å². The number of hydrogen-bond acceptors (Lipinski definition) is 4. The van der Waals surface area contributed by atoms with E-state index < -0.39 is 10.8 Å². The van der Waals surface area contributed by atoms with E-state index in [0.29, 0.717) is 17.8 Å². The lowest BCUT2D eigenvalue weighted by Gasteiger charge is -2.14. The van der Waals surface area contributed by atoms with E-state index in [1.54, 1.807) is 24.3 Å². The number of non-ortho nitro benzene ring substituents is 1. The van der Waals surface area contributed by atoms with Crippen molar-refractivity contribution < 1.29 is 14.5 Å². The van der Waals surface area contributed by atoms with Crippen molar-refractivity contribution in [3.05, 3.63) is 75.3 Å². The van der Waals surface area contributed by atoms with Gasteiger partial charge in [-0.3, -0.25) is 19.7 Å². The first-order valence-corrected chi connectivity index (χ1v) is 9.12. The van der Waals surface area contributed by atoms with Crippen LogP contribution in [0.2, 0.25) is 5.02 Å². The van der Waals surface area contributed by atoms with Gasteiger partial charge in [0.1, 0.15) is 0 Å². The average Bonchev–Trinajstić information content (AvgIpc) is 3.15. The molecule has 0 fully saturated rings. The summed E-state index contributed by atoms with van der Waals surface area (Å²) in [7, 11) is 0. The second-order valence-electron chi connectivity index (χ2n) is 6.44. The molecule has 0 radical (unpaired) electrons. The molecular formula is C20H18ClN3O4. The standard InChI is InChI=1S/C20H18ClN3O4/c21-16-12-14(24(27)28)9-10-15(16)20(26)23-18-8-4-3-7-17(18)22-19(25)11-13-5-1-2-6-13/h1,3-5,7-10,12-13H,2,6,11H2,(H,22,25)(H,23,26). The van der Waals surface area contributed by atoms with Crippen LogP contribution < -0.4 is 10.6 Å². The first kappa shape index (κ1) is 19.6. The molecule has 2 aromatic rings. The molecule has 7 nitrogen and oxygen atoms in total. The van der Waals surface area contributed by atoms with Gasteiger partial charge in [0.15, 0.2) is 0 Å². The number of hydrogen-bond donors (Lipinski definition) is 2. The molecule has 3 rings (SSSR count). The molecule has 8 heteroatoms. The van der Waals surface area contributed by atoms with E-state index in [1.165, 1.54) is 12.1 Å². The van der Waals surface area contributed by atoms with Gasteiger partial charge in [-0.25, -0.2) is 0 Å². The molecule has 1 unspecified atom stereocenters. The van der Waals surface area contributed by atoms with Crippen molar-refractivity contribution >= 4 is 40.5 Å². The van der Waals surface area contributed by atoms with E-state index in [4.69, 9.17) is 11.6 Å². The number of carbonyl (C=O) groups is 2. The molecule has 0 spiro atoms. The van der Waals surface area contributed by atoms with Crippen molar-refractivity contribution in [1.29, 1.82) is 0 Å². The van der Waals surface area contributed by atoms with Gasteiger partial charge in [-0.1, -0.05) is 35.9 Å². The summed E-state index contributed by atoms with van der Waals surface area (Å²) in [6.45, 7) is 0. The maximum absolute atomic E-state index is 12.5. The van der Waals surface area contributed by atoms with Crippen molar-refractivity contribution in [2.75, 3.05) is 10.6 Å². The minimum absolute atomic E-state index is 0.0266. The normalized spacial score (nSPS) is 15.2. The molecule has 2 N–H and O–H groups in total. The number of nitro groups is 1. The molecule has 28 heavy (non-hydrogen) atoms. The van der Waals surface area contributed by atoms with Crippen LogP contribution in [0.3, 0.4) is 0 Å². The van der Waals surface area contributed by atoms with Gasteiger partial charge in [-0.15, -0.1) is 0 Å². The second kappa shape index (κ2) is 8.67. The zero-order chi connectivity index (χ0) is 20.1. The number of amides is 2. The SMILES string of the molecule is O=C(CC1C=CCC1)Nc1ccccc1NC(=O)c1ccc([N+](=O)[O-])cc1Cl. The zero-order valence-corrected chi connectivity index (χ0v) is 15.6. The van der Waals surface area contributed by atoms with E-state index >= 15 is 0 Å². The van der Waals surface area contributed by atoms with Crippen molar-refractivity contribution in [3.63, 3.8) is 0 Å². The Kier molecular flexibility index (Phi) is 6.06. The Balaban J connectivity index is 1.72. The van der Waals surface area contributed by atoms with E-state index in [0.717, 1.165) is 18.9 Å². The Morgan fingerprint density at radius 3 is 2.46 bits per heavy atom. The van der Waals surface area contributed by atoms with Crippen molar-refractivity contribution in [3.8, 4) is 0 Å². The van der Waals surface area contributed by atoms with Gasteiger partial charge >= 0.3 is 0 Å². The van der Waals surface area contributed by atoms with Crippen LogP contribution in [0.25, 0.3) is 0 Å². The van der Waals surface area contributed by atoms with Crippen LogP contribution in [0.4, 0.5) is 17.1 Å². The molecular weight excluding hydrogens is 382 g/mol. The first-order chi connectivity index (χ1) is 13.4. The number of para-hydroxylation sites is 2. The molecule has 144 valence electrons. The molecule has 1 aliphatic rings. The third-order valence-electron chi connectivity index (χ3n) is 4.42. The maximum atomic E-state index is 12.5. The number of halogens is 1. The van der Waals surface area contributed by atoms with Gasteiger partial charge in [-0.2, -0.15) is 0 Å². The Morgan fingerprint density at radius 2 is 1.86 bits per heavy atom. The third kappa shape index (κ3) is 4.75. The lowest BCUT2D eigenvalue weighted by molar-refractivity contribution is -0.384. The van der Waals surface area contributed by atoms with E-state index in [-0.39, 0.29) is 28.1 Å². The number of benzene rings is 2. The predicted octanol–water partition coefficient (Wildman–Crippen LogP) is 4.80. The fourth-order valence-corrected chi connectivity index (χ4v) is 3.26. The maximum Gasteiger partial charge on any atom is 0.270 e. The van der Waals surface area contributed by atoms with Crippen LogP contribution in [0, 0.1) is 16.0 Å². The molecule has 0 heterocycles. The highest BCUT2D eigenvalue weighted by molar-refractivity contribution is 6.34. The molecule has 0 aromatic heterocycles. The molecule has 0 bridgehead atoms. The average molecular weight is 400 g/mol. The van der Waals surface area contributed by atoms with Crippen LogP contribution in [0.1, 0.15) is 29.6 Å². The largest absolute Gasteiger partial charge is 0.324 e. The van der Waals surface area contributed by atoms with Gasteiger partial charge < -0.3 is 10.6 Å². The Labute approximate surface area is 166 Å². The zero-order valence-electron chi connectivity index (χ0n) is 14.9. The number of anilines is 2. The Hall–Kier alpha value is -3.19. The molecule has 2 amide bonds. The number of carbonyl (C=O) groups excluding carboxylic acids is 2. The predicted molar refractivity (Wildman–Crippen MR) is 108 cm³/mol. The number of allylic oxidation sites excluding steroid dienone is 2. The van der Waals surface area contributed by atoms with Crippen LogP contribution in [0.5, 0.6) is 0 Å². The summed E-state index contributed by atoms with van der Waals surface area (Å²) in [5.41, 5.74) is 0.790. The first-order valence-electron chi connectivity index (χ1n) is 8.75. The third-order valence-corrected chi connectivity index (χ3v) is 4.73. The minimum atomic E-state index is -0.585. The smallest absolute Gasteiger partial charge is 0.270 e. The lowest BCUT2D eigenvalue weighted by atomic mass is 10.0. The Morgan fingerprint density at radius 1 is 1.14 bits per heavy atom. The summed E-state index contributed by atoms with van der Waals surface area (Å²) in [5.74, 6) is -0.424. The van der Waals surface area contributed by atoms with Crippen molar-refractivity contribution in [2.24, 2.45) is 5.92 Å². The highest BCUT2D eigenvalue weighted by atomic mass is 35.5. The quantitative estimate of drug-likeness (QED) is 0.414.